The molecule has 2 rings (SSSR count). The van der Waals surface area contributed by atoms with Crippen LogP contribution in [0.1, 0.15) is 45.6 Å². The average molecular weight is 291 g/mol. The fraction of sp³-hybridized carbons (Fsp3) is 0.611. The second kappa shape index (κ2) is 6.59. The molecule has 0 radical (unpaired) electrons. The third-order valence-electron chi connectivity index (χ3n) is 4.81. The Morgan fingerprint density at radius 3 is 2.67 bits per heavy atom. The van der Waals surface area contributed by atoms with Gasteiger partial charge in [0.2, 0.25) is 5.91 Å². The zero-order chi connectivity index (χ0) is 15.6. The molecule has 0 heterocycles. The first-order valence-electron chi connectivity index (χ1n) is 7.95. The summed E-state index contributed by atoms with van der Waals surface area (Å²) in [5, 5.41) is 3.01. The molecule has 1 saturated carbocycles. The first kappa shape index (κ1) is 16.0. The van der Waals surface area contributed by atoms with Gasteiger partial charge in [-0.15, -0.1) is 0 Å². The molecule has 0 spiro atoms. The number of hydrogen-bond acceptors (Lipinski definition) is 1. The molecule has 1 amide bonds. The van der Waals surface area contributed by atoms with Crippen LogP contribution in [0, 0.1) is 36.4 Å². The van der Waals surface area contributed by atoms with Gasteiger partial charge in [0.1, 0.15) is 5.82 Å². The fourth-order valence-corrected chi connectivity index (χ4v) is 3.50. The molecule has 3 atom stereocenters. The maximum absolute atomic E-state index is 13.1. The highest BCUT2D eigenvalue weighted by Crippen LogP contribution is 2.38. The van der Waals surface area contributed by atoms with Crippen molar-refractivity contribution >= 4 is 11.6 Å². The van der Waals surface area contributed by atoms with Crippen molar-refractivity contribution in [2.45, 2.75) is 47.0 Å². The predicted molar refractivity (Wildman–Crippen MR) is 84.6 cm³/mol. The van der Waals surface area contributed by atoms with Crippen LogP contribution in [-0.2, 0) is 4.79 Å². The van der Waals surface area contributed by atoms with Gasteiger partial charge in [0.15, 0.2) is 0 Å². The van der Waals surface area contributed by atoms with Crippen LogP contribution in [0.2, 0.25) is 0 Å². The molecule has 0 saturated heterocycles. The third-order valence-corrected chi connectivity index (χ3v) is 4.81. The van der Waals surface area contributed by atoms with E-state index in [9.17, 15) is 9.18 Å². The minimum absolute atomic E-state index is 0.0678. The summed E-state index contributed by atoms with van der Waals surface area (Å²) in [5.74, 6) is 1.46. The van der Waals surface area contributed by atoms with Gasteiger partial charge in [-0.25, -0.2) is 4.39 Å². The highest BCUT2D eigenvalue weighted by molar-refractivity contribution is 5.93. The van der Waals surface area contributed by atoms with Crippen molar-refractivity contribution in [3.05, 3.63) is 29.6 Å². The number of nitrogens with one attached hydrogen (secondary N) is 1. The second-order valence-corrected chi connectivity index (χ2v) is 6.88. The number of anilines is 1. The van der Waals surface area contributed by atoms with Crippen LogP contribution >= 0.6 is 0 Å². The Kier molecular flexibility index (Phi) is 5.02. The molecule has 2 nitrogen and oxygen atoms in total. The molecule has 0 bridgehead atoms. The first-order valence-corrected chi connectivity index (χ1v) is 7.95. The van der Waals surface area contributed by atoms with Gasteiger partial charge in [-0.2, -0.15) is 0 Å². The minimum atomic E-state index is -0.267. The van der Waals surface area contributed by atoms with Crippen molar-refractivity contribution in [3.8, 4) is 0 Å². The lowest BCUT2D eigenvalue weighted by atomic mass is 9.70. The topological polar surface area (TPSA) is 29.1 Å². The molecule has 0 aromatic heterocycles. The molecule has 1 aromatic rings. The van der Waals surface area contributed by atoms with Crippen molar-refractivity contribution in [1.29, 1.82) is 0 Å². The van der Waals surface area contributed by atoms with E-state index in [0.29, 0.717) is 17.8 Å². The lowest BCUT2D eigenvalue weighted by molar-refractivity contribution is -0.124. The first-order chi connectivity index (χ1) is 9.88. The van der Waals surface area contributed by atoms with E-state index in [4.69, 9.17) is 0 Å². The van der Waals surface area contributed by atoms with Crippen molar-refractivity contribution in [2.75, 3.05) is 5.32 Å². The minimum Gasteiger partial charge on any atom is -0.326 e. The summed E-state index contributed by atoms with van der Waals surface area (Å²) in [7, 11) is 0. The molecule has 1 N–H and O–H groups in total. The number of halogens is 1. The zero-order valence-corrected chi connectivity index (χ0v) is 13.4. The molecule has 1 aliphatic carbocycles. The molecular weight excluding hydrogens is 265 g/mol. The van der Waals surface area contributed by atoms with Gasteiger partial charge in [0.25, 0.3) is 0 Å². The Morgan fingerprint density at radius 2 is 2.05 bits per heavy atom. The Balaban J connectivity index is 2.13. The van der Waals surface area contributed by atoms with Crippen LogP contribution < -0.4 is 5.32 Å². The smallest absolute Gasteiger partial charge is 0.227 e. The van der Waals surface area contributed by atoms with Gasteiger partial charge >= 0.3 is 0 Å². The molecule has 1 fully saturated rings. The van der Waals surface area contributed by atoms with Crippen LogP contribution in [0.25, 0.3) is 0 Å². The van der Waals surface area contributed by atoms with Crippen molar-refractivity contribution < 1.29 is 9.18 Å². The van der Waals surface area contributed by atoms with Gasteiger partial charge in [-0.1, -0.05) is 27.2 Å². The lowest BCUT2D eigenvalue weighted by Gasteiger charge is -2.36. The fourth-order valence-electron chi connectivity index (χ4n) is 3.50. The number of carbonyl (C=O) groups is 1. The van der Waals surface area contributed by atoms with E-state index in [0.717, 1.165) is 24.1 Å². The van der Waals surface area contributed by atoms with Gasteiger partial charge in [-0.3, -0.25) is 4.79 Å². The SMILES string of the molecule is Cc1cc(F)ccc1NC(=O)[C@@H]1C[C@H](C)CC[C@H]1C(C)C. The van der Waals surface area contributed by atoms with Crippen LogP contribution in [-0.4, -0.2) is 5.91 Å². The number of amides is 1. The van der Waals surface area contributed by atoms with Crippen LogP contribution in [0.5, 0.6) is 0 Å². The zero-order valence-electron chi connectivity index (χ0n) is 13.4. The Morgan fingerprint density at radius 1 is 1.33 bits per heavy atom. The van der Waals surface area contributed by atoms with Crippen molar-refractivity contribution in [1.82, 2.24) is 0 Å². The molecule has 0 aliphatic heterocycles. The molecule has 0 unspecified atom stereocenters. The number of aryl methyl sites for hydroxylation is 1. The van der Waals surface area contributed by atoms with Gasteiger partial charge in [0, 0.05) is 11.6 Å². The van der Waals surface area contributed by atoms with E-state index in [1.54, 1.807) is 6.07 Å². The second-order valence-electron chi connectivity index (χ2n) is 6.88. The normalized spacial score (nSPS) is 25.9. The van der Waals surface area contributed by atoms with Gasteiger partial charge in [-0.05, 0) is 61.3 Å². The molecule has 21 heavy (non-hydrogen) atoms. The largest absolute Gasteiger partial charge is 0.326 e. The average Bonchev–Trinajstić information content (AvgIpc) is 2.41. The van der Waals surface area contributed by atoms with Gasteiger partial charge in [0.05, 0.1) is 0 Å². The number of rotatable bonds is 3. The monoisotopic (exact) mass is 291 g/mol. The third kappa shape index (κ3) is 3.84. The number of benzene rings is 1. The maximum Gasteiger partial charge on any atom is 0.227 e. The summed E-state index contributed by atoms with van der Waals surface area (Å²) in [4.78, 5) is 12.7. The van der Waals surface area contributed by atoms with Crippen LogP contribution in [0.4, 0.5) is 10.1 Å². The van der Waals surface area contributed by atoms with E-state index in [1.807, 2.05) is 6.92 Å². The summed E-state index contributed by atoms with van der Waals surface area (Å²) in [6.45, 7) is 8.44. The Labute approximate surface area is 127 Å². The maximum atomic E-state index is 13.1. The standard InChI is InChI=1S/C18H26FNO/c1-11(2)15-7-5-12(3)9-16(15)18(21)20-17-8-6-14(19)10-13(17)4/h6,8,10-12,15-16H,5,7,9H2,1-4H3,(H,20,21)/t12-,15+,16-/m1/s1. The molecular formula is C18H26FNO. The molecule has 1 aromatic carbocycles. The number of carbonyl (C=O) groups excluding carboxylic acids is 1. The van der Waals surface area contributed by atoms with E-state index < -0.39 is 0 Å². The highest BCUT2D eigenvalue weighted by atomic mass is 19.1. The van der Waals surface area contributed by atoms with E-state index in [-0.39, 0.29) is 17.6 Å². The summed E-state index contributed by atoms with van der Waals surface area (Å²) in [6.07, 6.45) is 3.29. The molecule has 3 heteroatoms. The quantitative estimate of drug-likeness (QED) is 0.853. The van der Waals surface area contributed by atoms with Crippen molar-refractivity contribution in [3.63, 3.8) is 0 Å². The van der Waals surface area contributed by atoms with Crippen LogP contribution in [0.15, 0.2) is 18.2 Å². The molecule has 1 aliphatic rings. The predicted octanol–water partition coefficient (Wildman–Crippen LogP) is 4.78. The van der Waals surface area contributed by atoms with Gasteiger partial charge < -0.3 is 5.32 Å². The summed E-state index contributed by atoms with van der Waals surface area (Å²) >= 11 is 0. The summed E-state index contributed by atoms with van der Waals surface area (Å²) in [6, 6.07) is 4.50. The van der Waals surface area contributed by atoms with Crippen molar-refractivity contribution in [2.24, 2.45) is 23.7 Å². The van der Waals surface area contributed by atoms with Crippen LogP contribution in [0.3, 0.4) is 0 Å². The Hall–Kier alpha value is -1.38. The van der Waals surface area contributed by atoms with E-state index in [1.165, 1.54) is 18.6 Å². The van der Waals surface area contributed by atoms with E-state index >= 15 is 0 Å². The van der Waals surface area contributed by atoms with E-state index in [2.05, 4.69) is 26.1 Å². The summed E-state index contributed by atoms with van der Waals surface area (Å²) in [5.41, 5.74) is 1.50. The summed E-state index contributed by atoms with van der Waals surface area (Å²) < 4.78 is 13.1. The molecule has 116 valence electrons. The highest BCUT2D eigenvalue weighted by Gasteiger charge is 2.35. The Bertz CT molecular complexity index is 512. The lowest BCUT2D eigenvalue weighted by Crippen LogP contribution is -2.36. The number of hydrogen-bond donors (Lipinski definition) is 1.